The first-order valence-electron chi connectivity index (χ1n) is 8.99. The van der Waals surface area contributed by atoms with Gasteiger partial charge in [0.05, 0.1) is 22.9 Å². The van der Waals surface area contributed by atoms with E-state index in [1.54, 1.807) is 24.1 Å². The number of rotatable bonds is 4. The number of aryl methyl sites for hydroxylation is 2. The number of fused-ring (bicyclic) bond motifs is 2. The molecule has 0 radical (unpaired) electrons. The molecule has 0 aliphatic carbocycles. The molecule has 0 bridgehead atoms. The molecule has 0 saturated heterocycles. The van der Waals surface area contributed by atoms with Gasteiger partial charge in [-0.05, 0) is 37.5 Å². The molecule has 1 atom stereocenters. The van der Waals surface area contributed by atoms with Crippen LogP contribution in [0, 0.1) is 12.7 Å². The maximum atomic E-state index is 14.4. The van der Waals surface area contributed by atoms with Crippen molar-refractivity contribution in [2.45, 2.75) is 32.4 Å². The minimum Gasteiger partial charge on any atom is -0.334 e. The fourth-order valence-electron chi connectivity index (χ4n) is 3.72. The van der Waals surface area contributed by atoms with Gasteiger partial charge in [-0.2, -0.15) is 5.10 Å². The Kier molecular flexibility index (Phi) is 3.97. The summed E-state index contributed by atoms with van der Waals surface area (Å²) in [5, 5.41) is 10.0. The van der Waals surface area contributed by atoms with Gasteiger partial charge in [0.1, 0.15) is 5.82 Å². The molecular weight excluding hydrogens is 379 g/mol. The predicted octanol–water partition coefficient (Wildman–Crippen LogP) is 3.31. The fourth-order valence-corrected chi connectivity index (χ4v) is 4.26. The van der Waals surface area contributed by atoms with E-state index in [1.807, 2.05) is 13.0 Å². The van der Waals surface area contributed by atoms with Crippen LogP contribution < -0.4 is 5.32 Å². The molecule has 142 valence electrons. The van der Waals surface area contributed by atoms with Crippen LogP contribution in [0.15, 0.2) is 36.2 Å². The zero-order valence-corrected chi connectivity index (χ0v) is 15.9. The molecule has 7 nitrogen and oxygen atoms in total. The number of nitrogens with one attached hydrogen (secondary N) is 1. The standard InChI is InChI=1S/C19H17FN6OS/c1-11-7-13(20)12-9-26(24-14(12)8-11)17(18(27)23-19-21-4-6-28-19)16-15-3-2-5-25(15)10-22-16/h4,6-10,17H,2-3,5H2,1H3,(H,21,23,27). The molecule has 4 aromatic rings. The van der Waals surface area contributed by atoms with Crippen LogP contribution >= 0.6 is 11.3 Å². The average Bonchev–Trinajstić information content (AvgIpc) is 3.40. The number of carbonyl (C=O) groups is 1. The molecule has 1 amide bonds. The molecule has 1 aliphatic rings. The van der Waals surface area contributed by atoms with Crippen molar-refractivity contribution < 1.29 is 9.18 Å². The van der Waals surface area contributed by atoms with Crippen LogP contribution in [0.2, 0.25) is 0 Å². The van der Waals surface area contributed by atoms with E-state index in [2.05, 4.69) is 25.0 Å². The lowest BCUT2D eigenvalue weighted by molar-refractivity contribution is -0.118. The summed E-state index contributed by atoms with van der Waals surface area (Å²) in [6.07, 6.45) is 6.83. The molecule has 1 unspecified atom stereocenters. The highest BCUT2D eigenvalue weighted by Crippen LogP contribution is 2.29. The summed E-state index contributed by atoms with van der Waals surface area (Å²) in [6, 6.07) is 2.47. The molecular formula is C19H17FN6OS. The Morgan fingerprint density at radius 1 is 1.36 bits per heavy atom. The van der Waals surface area contributed by atoms with Gasteiger partial charge in [-0.25, -0.2) is 14.4 Å². The maximum Gasteiger partial charge on any atom is 0.257 e. The van der Waals surface area contributed by atoms with Gasteiger partial charge in [-0.15, -0.1) is 11.3 Å². The Bertz CT molecular complexity index is 1180. The highest BCUT2D eigenvalue weighted by atomic mass is 32.1. The molecule has 28 heavy (non-hydrogen) atoms. The van der Waals surface area contributed by atoms with E-state index in [0.29, 0.717) is 21.7 Å². The van der Waals surface area contributed by atoms with Crippen molar-refractivity contribution in [3.8, 4) is 0 Å². The number of imidazole rings is 1. The number of aromatic nitrogens is 5. The van der Waals surface area contributed by atoms with E-state index < -0.39 is 6.04 Å². The first-order chi connectivity index (χ1) is 13.6. The Labute approximate surface area is 163 Å². The van der Waals surface area contributed by atoms with E-state index in [-0.39, 0.29) is 11.7 Å². The smallest absolute Gasteiger partial charge is 0.257 e. The van der Waals surface area contributed by atoms with E-state index in [1.165, 1.54) is 22.1 Å². The summed E-state index contributed by atoms with van der Waals surface area (Å²) < 4.78 is 18.0. The molecule has 0 saturated carbocycles. The second-order valence-corrected chi connectivity index (χ2v) is 7.79. The van der Waals surface area contributed by atoms with E-state index in [9.17, 15) is 9.18 Å². The zero-order chi connectivity index (χ0) is 19.3. The molecule has 1 aromatic carbocycles. The minimum absolute atomic E-state index is 0.298. The third-order valence-electron chi connectivity index (χ3n) is 4.96. The maximum absolute atomic E-state index is 14.4. The van der Waals surface area contributed by atoms with E-state index in [0.717, 1.165) is 30.6 Å². The van der Waals surface area contributed by atoms with Gasteiger partial charge in [-0.1, -0.05) is 0 Å². The third kappa shape index (κ3) is 2.78. The molecule has 4 heterocycles. The summed E-state index contributed by atoms with van der Waals surface area (Å²) in [5.74, 6) is -0.649. The van der Waals surface area contributed by atoms with Crippen molar-refractivity contribution in [3.05, 3.63) is 59.0 Å². The van der Waals surface area contributed by atoms with Crippen molar-refractivity contribution in [3.63, 3.8) is 0 Å². The Hall–Kier alpha value is -3.07. The Morgan fingerprint density at radius 2 is 2.25 bits per heavy atom. The molecule has 0 fully saturated rings. The van der Waals surface area contributed by atoms with Gasteiger partial charge in [-0.3, -0.25) is 14.8 Å². The summed E-state index contributed by atoms with van der Waals surface area (Å²) >= 11 is 1.34. The largest absolute Gasteiger partial charge is 0.334 e. The minimum atomic E-state index is -0.801. The SMILES string of the molecule is Cc1cc(F)c2cn(C(C(=O)Nc3nccs3)c3ncn4c3CCC4)nc2c1. The molecule has 1 aliphatic heterocycles. The van der Waals surface area contributed by atoms with Crippen LogP contribution in [0.4, 0.5) is 9.52 Å². The quantitative estimate of drug-likeness (QED) is 0.574. The van der Waals surface area contributed by atoms with Crippen molar-refractivity contribution in [2.75, 3.05) is 5.32 Å². The van der Waals surface area contributed by atoms with Gasteiger partial charge in [0, 0.05) is 30.0 Å². The Morgan fingerprint density at radius 3 is 3.07 bits per heavy atom. The normalized spacial score (nSPS) is 14.4. The summed E-state index contributed by atoms with van der Waals surface area (Å²) in [5.41, 5.74) is 2.97. The van der Waals surface area contributed by atoms with E-state index >= 15 is 0 Å². The zero-order valence-electron chi connectivity index (χ0n) is 15.1. The van der Waals surface area contributed by atoms with Crippen LogP contribution in [0.25, 0.3) is 10.9 Å². The second-order valence-electron chi connectivity index (χ2n) is 6.89. The Balaban J connectivity index is 1.63. The molecule has 0 spiro atoms. The van der Waals surface area contributed by atoms with Crippen LogP contribution in [-0.4, -0.2) is 30.2 Å². The number of amides is 1. The second kappa shape index (κ2) is 6.52. The number of nitrogens with zero attached hydrogens (tertiary/aromatic N) is 5. The number of hydrogen-bond acceptors (Lipinski definition) is 5. The van der Waals surface area contributed by atoms with Crippen LogP contribution in [0.5, 0.6) is 0 Å². The number of halogens is 1. The topological polar surface area (TPSA) is 77.6 Å². The number of carbonyl (C=O) groups excluding carboxylic acids is 1. The summed E-state index contributed by atoms with van der Waals surface area (Å²) in [7, 11) is 0. The van der Waals surface area contributed by atoms with Gasteiger partial charge >= 0.3 is 0 Å². The number of hydrogen-bond donors (Lipinski definition) is 1. The predicted molar refractivity (Wildman–Crippen MR) is 104 cm³/mol. The summed E-state index contributed by atoms with van der Waals surface area (Å²) in [6.45, 7) is 2.70. The van der Waals surface area contributed by atoms with Crippen LogP contribution in [-0.2, 0) is 17.8 Å². The van der Waals surface area contributed by atoms with Crippen molar-refractivity contribution >= 4 is 33.3 Å². The first kappa shape index (κ1) is 17.1. The monoisotopic (exact) mass is 396 g/mol. The fraction of sp³-hybridized carbons (Fsp3) is 0.263. The molecule has 9 heteroatoms. The van der Waals surface area contributed by atoms with Gasteiger partial charge in [0.25, 0.3) is 5.91 Å². The van der Waals surface area contributed by atoms with Gasteiger partial charge in [0.15, 0.2) is 11.2 Å². The molecule has 1 N–H and O–H groups in total. The van der Waals surface area contributed by atoms with Crippen molar-refractivity contribution in [1.82, 2.24) is 24.3 Å². The van der Waals surface area contributed by atoms with Gasteiger partial charge in [0.2, 0.25) is 0 Å². The van der Waals surface area contributed by atoms with E-state index in [4.69, 9.17) is 0 Å². The van der Waals surface area contributed by atoms with Crippen LogP contribution in [0.3, 0.4) is 0 Å². The highest BCUT2D eigenvalue weighted by molar-refractivity contribution is 7.13. The third-order valence-corrected chi connectivity index (χ3v) is 5.65. The lowest BCUT2D eigenvalue weighted by Crippen LogP contribution is -2.28. The molecule has 5 rings (SSSR count). The van der Waals surface area contributed by atoms with Crippen molar-refractivity contribution in [1.29, 1.82) is 0 Å². The van der Waals surface area contributed by atoms with Crippen molar-refractivity contribution in [2.24, 2.45) is 0 Å². The number of benzene rings is 1. The van der Waals surface area contributed by atoms with Crippen LogP contribution in [0.1, 0.15) is 29.4 Å². The lowest BCUT2D eigenvalue weighted by Gasteiger charge is -2.16. The van der Waals surface area contributed by atoms with Gasteiger partial charge < -0.3 is 4.57 Å². The summed E-state index contributed by atoms with van der Waals surface area (Å²) in [4.78, 5) is 21.8. The molecule has 3 aromatic heterocycles. The number of thiazole rings is 1. The highest BCUT2D eigenvalue weighted by Gasteiger charge is 2.31. The average molecular weight is 396 g/mol. The number of anilines is 1. The first-order valence-corrected chi connectivity index (χ1v) is 9.87. The lowest BCUT2D eigenvalue weighted by atomic mass is 10.1.